The van der Waals surface area contributed by atoms with Crippen LogP contribution in [-0.4, -0.2) is 7.11 Å². The first kappa shape index (κ1) is 13.1. The van der Waals surface area contributed by atoms with E-state index in [4.69, 9.17) is 9.47 Å². The SMILES string of the molecule is C=CC=C(OC)C(=CC)Oc1ccc(C)cc1. The zero-order valence-electron chi connectivity index (χ0n) is 10.6. The highest BCUT2D eigenvalue weighted by Crippen LogP contribution is 2.19. The molecular formula is C15H18O2. The van der Waals surface area contributed by atoms with Crippen molar-refractivity contribution >= 4 is 0 Å². The van der Waals surface area contributed by atoms with Crippen molar-refractivity contribution in [3.63, 3.8) is 0 Å². The van der Waals surface area contributed by atoms with Crippen molar-refractivity contribution < 1.29 is 9.47 Å². The maximum atomic E-state index is 5.74. The van der Waals surface area contributed by atoms with Crippen LogP contribution < -0.4 is 4.74 Å². The average Bonchev–Trinajstić information content (AvgIpc) is 2.36. The van der Waals surface area contributed by atoms with Crippen LogP contribution in [0.5, 0.6) is 5.75 Å². The Hall–Kier alpha value is -1.96. The van der Waals surface area contributed by atoms with E-state index in [1.54, 1.807) is 19.3 Å². The Labute approximate surface area is 103 Å². The highest BCUT2D eigenvalue weighted by molar-refractivity contribution is 5.32. The van der Waals surface area contributed by atoms with Crippen LogP contribution in [0.2, 0.25) is 0 Å². The summed E-state index contributed by atoms with van der Waals surface area (Å²) in [6, 6.07) is 7.87. The Morgan fingerprint density at radius 2 is 1.82 bits per heavy atom. The molecule has 1 aromatic rings. The van der Waals surface area contributed by atoms with Crippen LogP contribution in [0.15, 0.2) is 60.6 Å². The van der Waals surface area contributed by atoms with Crippen LogP contribution >= 0.6 is 0 Å². The molecule has 0 fully saturated rings. The maximum Gasteiger partial charge on any atom is 0.165 e. The molecule has 0 aliphatic carbocycles. The van der Waals surface area contributed by atoms with Crippen molar-refractivity contribution in [2.45, 2.75) is 13.8 Å². The highest BCUT2D eigenvalue weighted by Gasteiger charge is 2.06. The molecule has 0 bridgehead atoms. The van der Waals surface area contributed by atoms with Gasteiger partial charge in [0.15, 0.2) is 11.5 Å². The first-order valence-electron chi connectivity index (χ1n) is 5.49. The summed E-state index contributed by atoms with van der Waals surface area (Å²) in [4.78, 5) is 0. The lowest BCUT2D eigenvalue weighted by Crippen LogP contribution is -2.00. The van der Waals surface area contributed by atoms with E-state index in [-0.39, 0.29) is 0 Å². The Balaban J connectivity index is 2.87. The number of aryl methyl sites for hydroxylation is 1. The molecule has 0 saturated carbocycles. The average molecular weight is 230 g/mol. The molecule has 0 aromatic heterocycles. The van der Waals surface area contributed by atoms with Gasteiger partial charge in [-0.3, -0.25) is 0 Å². The molecule has 0 amide bonds. The van der Waals surface area contributed by atoms with Crippen LogP contribution in [-0.2, 0) is 4.74 Å². The first-order valence-corrected chi connectivity index (χ1v) is 5.49. The van der Waals surface area contributed by atoms with Crippen molar-refractivity contribution in [2.24, 2.45) is 0 Å². The molecule has 0 aliphatic rings. The Morgan fingerprint density at radius 1 is 1.18 bits per heavy atom. The van der Waals surface area contributed by atoms with Crippen molar-refractivity contribution in [1.82, 2.24) is 0 Å². The van der Waals surface area contributed by atoms with E-state index in [0.29, 0.717) is 11.5 Å². The fourth-order valence-corrected chi connectivity index (χ4v) is 1.34. The molecule has 0 spiro atoms. The summed E-state index contributed by atoms with van der Waals surface area (Å²) in [5.74, 6) is 2.12. The van der Waals surface area contributed by atoms with Crippen LogP contribution in [0.4, 0.5) is 0 Å². The minimum Gasteiger partial charge on any atom is -0.493 e. The zero-order valence-corrected chi connectivity index (χ0v) is 10.6. The third-order valence-corrected chi connectivity index (χ3v) is 2.24. The number of hydrogen-bond donors (Lipinski definition) is 0. The normalized spacial score (nSPS) is 12.2. The summed E-state index contributed by atoms with van der Waals surface area (Å²) in [6.45, 7) is 7.59. The lowest BCUT2D eigenvalue weighted by Gasteiger charge is -2.12. The Bertz CT molecular complexity index is 425. The van der Waals surface area contributed by atoms with E-state index in [2.05, 4.69) is 6.58 Å². The topological polar surface area (TPSA) is 18.5 Å². The molecule has 90 valence electrons. The lowest BCUT2D eigenvalue weighted by molar-refractivity contribution is 0.262. The predicted octanol–water partition coefficient (Wildman–Crippen LogP) is 3.99. The molecule has 0 radical (unpaired) electrons. The summed E-state index contributed by atoms with van der Waals surface area (Å²) in [7, 11) is 1.61. The number of methoxy groups -OCH3 is 1. The maximum absolute atomic E-state index is 5.74. The molecule has 0 atom stereocenters. The van der Waals surface area contributed by atoms with E-state index in [1.165, 1.54) is 5.56 Å². The van der Waals surface area contributed by atoms with Gasteiger partial charge in [-0.05, 0) is 38.1 Å². The quantitative estimate of drug-likeness (QED) is 0.562. The molecule has 0 unspecified atom stereocenters. The van der Waals surface area contributed by atoms with Gasteiger partial charge in [0.2, 0.25) is 0 Å². The smallest absolute Gasteiger partial charge is 0.165 e. The monoisotopic (exact) mass is 230 g/mol. The molecule has 1 rings (SSSR count). The van der Waals surface area contributed by atoms with Gasteiger partial charge in [-0.2, -0.15) is 0 Å². The molecule has 1 aromatic carbocycles. The van der Waals surface area contributed by atoms with Crippen LogP contribution in [0.1, 0.15) is 12.5 Å². The number of allylic oxidation sites excluding steroid dienone is 3. The van der Waals surface area contributed by atoms with Gasteiger partial charge in [0.25, 0.3) is 0 Å². The predicted molar refractivity (Wildman–Crippen MR) is 70.9 cm³/mol. The summed E-state index contributed by atoms with van der Waals surface area (Å²) in [5.41, 5.74) is 1.20. The first-order chi connectivity index (χ1) is 8.21. The van der Waals surface area contributed by atoms with Gasteiger partial charge in [0, 0.05) is 0 Å². The van der Waals surface area contributed by atoms with Gasteiger partial charge in [0.1, 0.15) is 5.75 Å². The number of hydrogen-bond acceptors (Lipinski definition) is 2. The fraction of sp³-hybridized carbons (Fsp3) is 0.200. The fourth-order valence-electron chi connectivity index (χ4n) is 1.34. The van der Waals surface area contributed by atoms with Crippen molar-refractivity contribution in [3.8, 4) is 5.75 Å². The van der Waals surface area contributed by atoms with E-state index in [0.717, 1.165) is 5.75 Å². The highest BCUT2D eigenvalue weighted by atomic mass is 16.5. The molecule has 0 heterocycles. The molecule has 0 N–H and O–H groups in total. The van der Waals surface area contributed by atoms with Gasteiger partial charge in [0.05, 0.1) is 7.11 Å². The zero-order chi connectivity index (χ0) is 12.7. The summed E-state index contributed by atoms with van der Waals surface area (Å²) in [6.07, 6.45) is 5.29. The van der Waals surface area contributed by atoms with Crippen molar-refractivity contribution in [3.05, 3.63) is 66.2 Å². The number of ether oxygens (including phenoxy) is 2. The van der Waals surface area contributed by atoms with E-state index in [9.17, 15) is 0 Å². The Kier molecular flexibility index (Phi) is 5.08. The standard InChI is InChI=1S/C15H18O2/c1-5-7-15(16-4)14(6-2)17-13-10-8-12(3)9-11-13/h5-11H,1H2,2-4H3. The van der Waals surface area contributed by atoms with Crippen molar-refractivity contribution in [1.29, 1.82) is 0 Å². The molecular weight excluding hydrogens is 212 g/mol. The molecule has 2 heteroatoms. The third kappa shape index (κ3) is 3.83. The molecule has 0 aliphatic heterocycles. The van der Waals surface area contributed by atoms with Gasteiger partial charge in [-0.25, -0.2) is 0 Å². The van der Waals surface area contributed by atoms with Gasteiger partial charge in [-0.15, -0.1) is 0 Å². The summed E-state index contributed by atoms with van der Waals surface area (Å²) in [5, 5.41) is 0. The van der Waals surface area contributed by atoms with Gasteiger partial charge < -0.3 is 9.47 Å². The minimum atomic E-state index is 0.656. The second-order valence-corrected chi connectivity index (χ2v) is 3.54. The van der Waals surface area contributed by atoms with E-state index < -0.39 is 0 Å². The van der Waals surface area contributed by atoms with Crippen LogP contribution in [0, 0.1) is 6.92 Å². The number of rotatable bonds is 5. The van der Waals surface area contributed by atoms with Crippen LogP contribution in [0.3, 0.4) is 0 Å². The van der Waals surface area contributed by atoms with E-state index >= 15 is 0 Å². The third-order valence-electron chi connectivity index (χ3n) is 2.24. The minimum absolute atomic E-state index is 0.656. The molecule has 17 heavy (non-hydrogen) atoms. The number of benzene rings is 1. The second kappa shape index (κ2) is 6.59. The molecule has 2 nitrogen and oxygen atoms in total. The Morgan fingerprint density at radius 3 is 2.29 bits per heavy atom. The summed E-state index contributed by atoms with van der Waals surface area (Å²) >= 11 is 0. The lowest BCUT2D eigenvalue weighted by atomic mass is 10.2. The largest absolute Gasteiger partial charge is 0.493 e. The second-order valence-electron chi connectivity index (χ2n) is 3.54. The molecule has 0 saturated heterocycles. The van der Waals surface area contributed by atoms with Crippen molar-refractivity contribution in [2.75, 3.05) is 7.11 Å². The van der Waals surface area contributed by atoms with Gasteiger partial charge in [-0.1, -0.05) is 30.4 Å². The van der Waals surface area contributed by atoms with E-state index in [1.807, 2.05) is 44.2 Å². The van der Waals surface area contributed by atoms with Crippen LogP contribution in [0.25, 0.3) is 0 Å². The summed E-state index contributed by atoms with van der Waals surface area (Å²) < 4.78 is 11.0. The van der Waals surface area contributed by atoms with Gasteiger partial charge >= 0.3 is 0 Å².